The minimum Gasteiger partial charge on any atom is -0.495 e. The fourth-order valence-corrected chi connectivity index (χ4v) is 2.41. The molecule has 0 radical (unpaired) electrons. The van der Waals surface area contributed by atoms with Crippen LogP contribution in [0.1, 0.15) is 9.67 Å². The molecule has 2 aromatic rings. The molecule has 1 heterocycles. The van der Waals surface area contributed by atoms with E-state index in [1.54, 1.807) is 25.3 Å². The Kier molecular flexibility index (Phi) is 4.97. The fraction of sp³-hybridized carbons (Fsp3) is 0.214. The van der Waals surface area contributed by atoms with Gasteiger partial charge in [-0.1, -0.05) is 6.07 Å². The average molecular weight is 292 g/mol. The molecule has 2 rings (SSSR count). The van der Waals surface area contributed by atoms with Crippen molar-refractivity contribution in [1.29, 1.82) is 0 Å². The van der Waals surface area contributed by atoms with Crippen LogP contribution in [-0.2, 0) is 0 Å². The highest BCUT2D eigenvalue weighted by Gasteiger charge is 2.14. The summed E-state index contributed by atoms with van der Waals surface area (Å²) in [5.41, 5.74) is 6.05. The first-order valence-corrected chi connectivity index (χ1v) is 6.98. The Morgan fingerprint density at radius 1 is 1.40 bits per heavy atom. The predicted molar refractivity (Wildman–Crippen MR) is 79.8 cm³/mol. The van der Waals surface area contributed by atoms with Crippen molar-refractivity contribution in [1.82, 2.24) is 0 Å². The normalized spacial score (nSPS) is 10.1. The van der Waals surface area contributed by atoms with Crippen LogP contribution >= 0.6 is 11.3 Å². The summed E-state index contributed by atoms with van der Waals surface area (Å²) in [6.07, 6.45) is 0. The van der Waals surface area contributed by atoms with Crippen molar-refractivity contribution < 1.29 is 14.3 Å². The first-order valence-electron chi connectivity index (χ1n) is 6.10. The van der Waals surface area contributed by atoms with Crippen molar-refractivity contribution in [3.63, 3.8) is 0 Å². The quantitative estimate of drug-likeness (QED) is 0.857. The zero-order chi connectivity index (χ0) is 14.4. The number of carbonyl (C=O) groups is 1. The van der Waals surface area contributed by atoms with Crippen molar-refractivity contribution in [3.8, 4) is 11.5 Å². The molecule has 0 bridgehead atoms. The van der Waals surface area contributed by atoms with Crippen molar-refractivity contribution in [2.75, 3.05) is 25.6 Å². The summed E-state index contributed by atoms with van der Waals surface area (Å²) in [4.78, 5) is 12.7. The van der Waals surface area contributed by atoms with Gasteiger partial charge in [0.1, 0.15) is 23.0 Å². The third kappa shape index (κ3) is 3.49. The van der Waals surface area contributed by atoms with Crippen LogP contribution in [0.25, 0.3) is 0 Å². The van der Waals surface area contributed by atoms with Gasteiger partial charge in [0.05, 0.1) is 7.11 Å². The summed E-state index contributed by atoms with van der Waals surface area (Å²) in [6.45, 7) is 0.888. The summed E-state index contributed by atoms with van der Waals surface area (Å²) in [5, 5.41) is 4.63. The first kappa shape index (κ1) is 14.4. The van der Waals surface area contributed by atoms with Gasteiger partial charge in [0, 0.05) is 18.3 Å². The maximum Gasteiger partial charge on any atom is 0.269 e. The van der Waals surface area contributed by atoms with Gasteiger partial charge in [-0.25, -0.2) is 0 Å². The molecule has 0 saturated carbocycles. The van der Waals surface area contributed by atoms with E-state index in [-0.39, 0.29) is 5.91 Å². The third-order valence-electron chi connectivity index (χ3n) is 2.53. The Morgan fingerprint density at radius 2 is 2.25 bits per heavy atom. The molecular formula is C14H16N2O3S. The predicted octanol–water partition coefficient (Wildman–Crippen LogP) is 2.35. The molecule has 5 nitrogen and oxygen atoms in total. The second kappa shape index (κ2) is 6.93. The molecule has 0 unspecified atom stereocenters. The van der Waals surface area contributed by atoms with Gasteiger partial charge in [-0.2, -0.15) is 0 Å². The standard InChI is InChI=1S/C14H16N2O3S/c1-18-12-5-8-20-13(12)14(17)16-10-3-2-4-11(9-10)19-7-6-15/h2-5,8-9H,6-7,15H2,1H3,(H,16,17). The molecule has 0 aliphatic carbocycles. The van der Waals surface area contributed by atoms with Gasteiger partial charge in [-0.3, -0.25) is 4.79 Å². The number of ether oxygens (including phenoxy) is 2. The van der Waals surface area contributed by atoms with Gasteiger partial charge in [-0.05, 0) is 23.6 Å². The molecule has 0 aliphatic rings. The van der Waals surface area contributed by atoms with Crippen molar-refractivity contribution >= 4 is 22.9 Å². The molecule has 0 saturated heterocycles. The number of nitrogens with two attached hydrogens (primary N) is 1. The SMILES string of the molecule is COc1ccsc1C(=O)Nc1cccc(OCCN)c1. The lowest BCUT2D eigenvalue weighted by molar-refractivity contribution is 0.102. The number of hydrogen-bond acceptors (Lipinski definition) is 5. The number of nitrogens with one attached hydrogen (secondary N) is 1. The molecule has 0 atom stereocenters. The van der Waals surface area contributed by atoms with Gasteiger partial charge < -0.3 is 20.5 Å². The summed E-state index contributed by atoms with van der Waals surface area (Å²) < 4.78 is 10.5. The van der Waals surface area contributed by atoms with Crippen LogP contribution in [0.2, 0.25) is 0 Å². The maximum atomic E-state index is 12.1. The first-order chi connectivity index (χ1) is 9.74. The molecule has 20 heavy (non-hydrogen) atoms. The Morgan fingerprint density at radius 3 is 3.00 bits per heavy atom. The van der Waals surface area contributed by atoms with E-state index in [1.165, 1.54) is 11.3 Å². The van der Waals surface area contributed by atoms with Crippen molar-refractivity contribution in [2.24, 2.45) is 5.73 Å². The van der Waals surface area contributed by atoms with Crippen LogP contribution in [0.3, 0.4) is 0 Å². The molecular weight excluding hydrogens is 276 g/mol. The van der Waals surface area contributed by atoms with E-state index in [0.717, 1.165) is 0 Å². The molecule has 106 valence electrons. The van der Waals surface area contributed by atoms with E-state index in [9.17, 15) is 4.79 Å². The smallest absolute Gasteiger partial charge is 0.269 e. The van der Waals surface area contributed by atoms with Gasteiger partial charge >= 0.3 is 0 Å². The number of amides is 1. The van der Waals surface area contributed by atoms with E-state index in [0.29, 0.717) is 35.2 Å². The third-order valence-corrected chi connectivity index (χ3v) is 3.43. The van der Waals surface area contributed by atoms with E-state index in [1.807, 2.05) is 17.5 Å². The topological polar surface area (TPSA) is 73.6 Å². The van der Waals surface area contributed by atoms with Gasteiger partial charge in [0.2, 0.25) is 0 Å². The fourth-order valence-electron chi connectivity index (χ4n) is 1.65. The summed E-state index contributed by atoms with van der Waals surface area (Å²) in [5.74, 6) is 1.04. The van der Waals surface area contributed by atoms with Crippen LogP contribution in [0.15, 0.2) is 35.7 Å². The largest absolute Gasteiger partial charge is 0.495 e. The van der Waals surface area contributed by atoms with E-state index in [2.05, 4.69) is 5.32 Å². The molecule has 1 amide bonds. The second-order valence-electron chi connectivity index (χ2n) is 3.94. The zero-order valence-corrected chi connectivity index (χ0v) is 11.9. The van der Waals surface area contributed by atoms with Crippen LogP contribution in [-0.4, -0.2) is 26.2 Å². The number of carbonyl (C=O) groups excluding carboxylic acids is 1. The lowest BCUT2D eigenvalue weighted by Gasteiger charge is -2.08. The summed E-state index contributed by atoms with van der Waals surface area (Å²) in [6, 6.07) is 8.95. The molecule has 1 aromatic carbocycles. The molecule has 1 aromatic heterocycles. The monoisotopic (exact) mass is 292 g/mol. The number of methoxy groups -OCH3 is 1. The van der Waals surface area contributed by atoms with Crippen LogP contribution < -0.4 is 20.5 Å². The molecule has 0 spiro atoms. The minimum atomic E-state index is -0.201. The highest BCUT2D eigenvalue weighted by atomic mass is 32.1. The van der Waals surface area contributed by atoms with Gasteiger partial charge in [-0.15, -0.1) is 11.3 Å². The van der Waals surface area contributed by atoms with Crippen molar-refractivity contribution in [2.45, 2.75) is 0 Å². The molecule has 6 heteroatoms. The second-order valence-corrected chi connectivity index (χ2v) is 4.85. The highest BCUT2D eigenvalue weighted by molar-refractivity contribution is 7.12. The number of hydrogen-bond donors (Lipinski definition) is 2. The van der Waals surface area contributed by atoms with E-state index < -0.39 is 0 Å². The number of thiophene rings is 1. The van der Waals surface area contributed by atoms with E-state index in [4.69, 9.17) is 15.2 Å². The average Bonchev–Trinajstić information content (AvgIpc) is 2.94. The summed E-state index contributed by atoms with van der Waals surface area (Å²) in [7, 11) is 1.54. The zero-order valence-electron chi connectivity index (χ0n) is 11.1. The highest BCUT2D eigenvalue weighted by Crippen LogP contribution is 2.26. The van der Waals surface area contributed by atoms with Crippen LogP contribution in [0.4, 0.5) is 5.69 Å². The molecule has 0 aliphatic heterocycles. The van der Waals surface area contributed by atoms with Crippen molar-refractivity contribution in [3.05, 3.63) is 40.6 Å². The molecule has 0 fully saturated rings. The number of rotatable bonds is 6. The van der Waals surface area contributed by atoms with Gasteiger partial charge in [0.15, 0.2) is 0 Å². The molecule has 3 N–H and O–H groups in total. The summed E-state index contributed by atoms with van der Waals surface area (Å²) >= 11 is 1.33. The maximum absolute atomic E-state index is 12.1. The van der Waals surface area contributed by atoms with Gasteiger partial charge in [0.25, 0.3) is 5.91 Å². The minimum absolute atomic E-state index is 0.201. The number of anilines is 1. The van der Waals surface area contributed by atoms with Crippen LogP contribution in [0, 0.1) is 0 Å². The Hall–Kier alpha value is -2.05. The van der Waals surface area contributed by atoms with Crippen LogP contribution in [0.5, 0.6) is 11.5 Å². The lowest BCUT2D eigenvalue weighted by Crippen LogP contribution is -2.12. The number of benzene rings is 1. The Labute approximate surface area is 121 Å². The Balaban J connectivity index is 2.08. The Bertz CT molecular complexity index is 583. The van der Waals surface area contributed by atoms with E-state index >= 15 is 0 Å². The lowest BCUT2D eigenvalue weighted by atomic mass is 10.3.